The fourth-order valence-electron chi connectivity index (χ4n) is 2.31. The van der Waals surface area contributed by atoms with Crippen LogP contribution in [-0.2, 0) is 6.42 Å². The standard InChI is InChI=1S/C18H25NOS/c1-3-9-19-18(12-15-8-11-21-14-15)16-6-5-7-17(13-16)20-10-4-2/h5-8,11,13-14,18-19H,3-4,9-10,12H2,1-2H3. The third-order valence-corrected chi connectivity index (χ3v) is 4.13. The molecule has 0 saturated heterocycles. The van der Waals surface area contributed by atoms with Gasteiger partial charge in [0.15, 0.2) is 0 Å². The van der Waals surface area contributed by atoms with Gasteiger partial charge in [0.05, 0.1) is 6.61 Å². The van der Waals surface area contributed by atoms with Gasteiger partial charge in [0.25, 0.3) is 0 Å². The molecular weight excluding hydrogens is 278 g/mol. The van der Waals surface area contributed by atoms with Gasteiger partial charge in [0, 0.05) is 6.04 Å². The van der Waals surface area contributed by atoms with Crippen molar-refractivity contribution in [3.05, 3.63) is 52.2 Å². The van der Waals surface area contributed by atoms with Crippen molar-refractivity contribution in [1.29, 1.82) is 0 Å². The lowest BCUT2D eigenvalue weighted by Gasteiger charge is -2.19. The topological polar surface area (TPSA) is 21.3 Å². The van der Waals surface area contributed by atoms with E-state index >= 15 is 0 Å². The molecule has 0 amide bonds. The normalized spacial score (nSPS) is 12.3. The first kappa shape index (κ1) is 16.1. The Morgan fingerprint density at radius 3 is 2.81 bits per heavy atom. The van der Waals surface area contributed by atoms with Gasteiger partial charge in [-0.1, -0.05) is 26.0 Å². The summed E-state index contributed by atoms with van der Waals surface area (Å²) >= 11 is 1.76. The van der Waals surface area contributed by atoms with Crippen molar-refractivity contribution in [2.75, 3.05) is 13.2 Å². The van der Waals surface area contributed by atoms with Crippen molar-refractivity contribution < 1.29 is 4.74 Å². The lowest BCUT2D eigenvalue weighted by atomic mass is 10.00. The highest BCUT2D eigenvalue weighted by molar-refractivity contribution is 7.07. The lowest BCUT2D eigenvalue weighted by molar-refractivity contribution is 0.316. The van der Waals surface area contributed by atoms with Gasteiger partial charge in [-0.2, -0.15) is 11.3 Å². The maximum Gasteiger partial charge on any atom is 0.119 e. The summed E-state index contributed by atoms with van der Waals surface area (Å²) in [5.74, 6) is 0.975. The van der Waals surface area contributed by atoms with Crippen LogP contribution in [-0.4, -0.2) is 13.2 Å². The highest BCUT2D eigenvalue weighted by Crippen LogP contribution is 2.23. The van der Waals surface area contributed by atoms with Gasteiger partial charge in [-0.25, -0.2) is 0 Å². The van der Waals surface area contributed by atoms with Crippen molar-refractivity contribution in [3.63, 3.8) is 0 Å². The van der Waals surface area contributed by atoms with Gasteiger partial charge in [-0.3, -0.25) is 0 Å². The molecule has 0 saturated carbocycles. The maximum absolute atomic E-state index is 5.76. The number of hydrogen-bond donors (Lipinski definition) is 1. The van der Waals surface area contributed by atoms with E-state index in [2.05, 4.69) is 54.2 Å². The van der Waals surface area contributed by atoms with Crippen molar-refractivity contribution in [2.24, 2.45) is 0 Å². The Morgan fingerprint density at radius 2 is 2.10 bits per heavy atom. The van der Waals surface area contributed by atoms with Gasteiger partial charge in [0.1, 0.15) is 5.75 Å². The summed E-state index contributed by atoms with van der Waals surface area (Å²) in [4.78, 5) is 0. The van der Waals surface area contributed by atoms with E-state index in [0.29, 0.717) is 6.04 Å². The van der Waals surface area contributed by atoms with E-state index < -0.39 is 0 Å². The Morgan fingerprint density at radius 1 is 1.19 bits per heavy atom. The van der Waals surface area contributed by atoms with Crippen molar-refractivity contribution in [3.8, 4) is 5.75 Å². The summed E-state index contributed by atoms with van der Waals surface area (Å²) in [6.45, 7) is 6.15. The first-order chi connectivity index (χ1) is 10.3. The molecule has 1 aromatic carbocycles. The molecule has 2 aromatic rings. The zero-order valence-corrected chi connectivity index (χ0v) is 13.8. The predicted octanol–water partition coefficient (Wildman–Crippen LogP) is 4.82. The Kier molecular flexibility index (Phi) is 6.77. The molecule has 1 unspecified atom stereocenters. The molecule has 0 aliphatic rings. The molecule has 0 radical (unpaired) electrons. The smallest absolute Gasteiger partial charge is 0.119 e. The average molecular weight is 303 g/mol. The van der Waals surface area contributed by atoms with Gasteiger partial charge < -0.3 is 10.1 Å². The predicted molar refractivity (Wildman–Crippen MR) is 91.3 cm³/mol. The lowest BCUT2D eigenvalue weighted by Crippen LogP contribution is -2.24. The quantitative estimate of drug-likeness (QED) is 0.717. The number of benzene rings is 1. The molecule has 2 nitrogen and oxygen atoms in total. The molecule has 1 N–H and O–H groups in total. The fourth-order valence-corrected chi connectivity index (χ4v) is 2.99. The molecule has 0 aliphatic carbocycles. The minimum absolute atomic E-state index is 0.352. The van der Waals surface area contributed by atoms with Crippen LogP contribution in [0.25, 0.3) is 0 Å². The van der Waals surface area contributed by atoms with E-state index in [1.54, 1.807) is 11.3 Å². The van der Waals surface area contributed by atoms with E-state index in [-0.39, 0.29) is 0 Å². The average Bonchev–Trinajstić information content (AvgIpc) is 3.02. The van der Waals surface area contributed by atoms with Gasteiger partial charge >= 0.3 is 0 Å². The van der Waals surface area contributed by atoms with Gasteiger partial charge in [-0.05, 0) is 65.9 Å². The van der Waals surface area contributed by atoms with E-state index in [0.717, 1.165) is 38.2 Å². The molecule has 1 aromatic heterocycles. The third kappa shape index (κ3) is 5.18. The van der Waals surface area contributed by atoms with Gasteiger partial charge in [0.2, 0.25) is 0 Å². The molecule has 0 bridgehead atoms. The molecule has 1 heterocycles. The van der Waals surface area contributed by atoms with E-state index in [4.69, 9.17) is 4.74 Å². The molecule has 3 heteroatoms. The summed E-state index contributed by atoms with van der Waals surface area (Å²) < 4.78 is 5.76. The molecule has 0 fully saturated rings. The highest BCUT2D eigenvalue weighted by atomic mass is 32.1. The summed E-state index contributed by atoms with van der Waals surface area (Å²) in [5, 5.41) is 8.04. The molecular formula is C18H25NOS. The molecule has 21 heavy (non-hydrogen) atoms. The minimum Gasteiger partial charge on any atom is -0.494 e. The second-order valence-electron chi connectivity index (χ2n) is 5.26. The molecule has 2 rings (SSSR count). The number of thiophene rings is 1. The van der Waals surface area contributed by atoms with Crippen LogP contribution in [0.2, 0.25) is 0 Å². The SMILES string of the molecule is CCCNC(Cc1ccsc1)c1cccc(OCCC)c1. The van der Waals surface area contributed by atoms with Crippen molar-refractivity contribution in [1.82, 2.24) is 5.32 Å². The largest absolute Gasteiger partial charge is 0.494 e. The Labute approximate surface area is 132 Å². The van der Waals surface area contributed by atoms with E-state index in [1.165, 1.54) is 11.1 Å². The van der Waals surface area contributed by atoms with Crippen molar-refractivity contribution in [2.45, 2.75) is 39.2 Å². The zero-order valence-electron chi connectivity index (χ0n) is 13.0. The zero-order chi connectivity index (χ0) is 14.9. The van der Waals surface area contributed by atoms with Crippen LogP contribution in [0.1, 0.15) is 43.9 Å². The molecule has 114 valence electrons. The van der Waals surface area contributed by atoms with Gasteiger partial charge in [-0.15, -0.1) is 0 Å². The number of hydrogen-bond acceptors (Lipinski definition) is 3. The number of nitrogens with one attached hydrogen (secondary N) is 1. The van der Waals surface area contributed by atoms with Crippen LogP contribution < -0.4 is 10.1 Å². The summed E-state index contributed by atoms with van der Waals surface area (Å²) in [5.41, 5.74) is 2.71. The fraction of sp³-hybridized carbons (Fsp3) is 0.444. The van der Waals surface area contributed by atoms with Crippen LogP contribution in [0.5, 0.6) is 5.75 Å². The van der Waals surface area contributed by atoms with Crippen LogP contribution >= 0.6 is 11.3 Å². The first-order valence-electron chi connectivity index (χ1n) is 7.80. The van der Waals surface area contributed by atoms with Crippen LogP contribution in [0.4, 0.5) is 0 Å². The van der Waals surface area contributed by atoms with Crippen LogP contribution in [0.15, 0.2) is 41.1 Å². The Balaban J connectivity index is 2.11. The monoisotopic (exact) mass is 303 g/mol. The van der Waals surface area contributed by atoms with Crippen LogP contribution in [0, 0.1) is 0 Å². The summed E-state index contributed by atoms with van der Waals surface area (Å²) in [6.07, 6.45) is 3.21. The Hall–Kier alpha value is -1.32. The maximum atomic E-state index is 5.76. The molecule has 1 atom stereocenters. The highest BCUT2D eigenvalue weighted by Gasteiger charge is 2.12. The second-order valence-corrected chi connectivity index (χ2v) is 6.04. The number of ether oxygens (including phenoxy) is 1. The first-order valence-corrected chi connectivity index (χ1v) is 8.75. The molecule has 0 spiro atoms. The third-order valence-electron chi connectivity index (χ3n) is 3.39. The minimum atomic E-state index is 0.352. The molecule has 0 aliphatic heterocycles. The second kappa shape index (κ2) is 8.85. The Bertz CT molecular complexity index is 510. The van der Waals surface area contributed by atoms with E-state index in [1.807, 2.05) is 6.07 Å². The van der Waals surface area contributed by atoms with E-state index in [9.17, 15) is 0 Å². The summed E-state index contributed by atoms with van der Waals surface area (Å²) in [7, 11) is 0. The number of rotatable bonds is 9. The van der Waals surface area contributed by atoms with Crippen LogP contribution in [0.3, 0.4) is 0 Å². The van der Waals surface area contributed by atoms with Crippen molar-refractivity contribution >= 4 is 11.3 Å². The summed E-state index contributed by atoms with van der Waals surface area (Å²) in [6, 6.07) is 11.1.